The van der Waals surface area contributed by atoms with Crippen molar-refractivity contribution in [2.75, 3.05) is 19.8 Å². The van der Waals surface area contributed by atoms with Gasteiger partial charge in [-0.15, -0.1) is 0 Å². The van der Waals surface area contributed by atoms with Crippen molar-refractivity contribution in [1.29, 1.82) is 0 Å². The van der Waals surface area contributed by atoms with Gasteiger partial charge in [0.15, 0.2) is 0 Å². The number of aliphatic hydroxyl groups excluding tert-OH is 1. The summed E-state index contributed by atoms with van der Waals surface area (Å²) in [6.45, 7) is 9.46. The second kappa shape index (κ2) is 30.6. The molecule has 0 aromatic heterocycles. The molecule has 5 heteroatoms. The topological polar surface area (TPSA) is 55.8 Å². The van der Waals surface area contributed by atoms with E-state index in [9.17, 15) is 9.90 Å². The first kappa shape index (κ1) is 34.0. The molecule has 0 rings (SSSR count). The van der Waals surface area contributed by atoms with Crippen LogP contribution in [-0.4, -0.2) is 37.0 Å². The van der Waals surface area contributed by atoms with E-state index in [1.54, 1.807) is 0 Å². The Labute approximate surface area is 205 Å². The minimum Gasteiger partial charge on any atom is -1.00 e. The van der Waals surface area contributed by atoms with Crippen LogP contribution < -0.4 is 29.6 Å². The predicted molar refractivity (Wildman–Crippen MR) is 121 cm³/mol. The fourth-order valence-electron chi connectivity index (χ4n) is 3.08. The van der Waals surface area contributed by atoms with E-state index in [0.29, 0.717) is 0 Å². The normalized spacial score (nSPS) is 11.2. The summed E-state index contributed by atoms with van der Waals surface area (Å²) < 4.78 is 9.62. The predicted octanol–water partition coefficient (Wildman–Crippen LogP) is 3.94. The van der Waals surface area contributed by atoms with Gasteiger partial charge in [0.05, 0.1) is 6.10 Å². The Morgan fingerprint density at radius 3 is 1.45 bits per heavy atom. The zero-order chi connectivity index (χ0) is 21.3. The van der Waals surface area contributed by atoms with Crippen molar-refractivity contribution < 1.29 is 50.4 Å². The van der Waals surface area contributed by atoms with E-state index in [4.69, 9.17) is 9.47 Å². The van der Waals surface area contributed by atoms with Crippen LogP contribution in [0.4, 0.5) is 0 Å². The van der Waals surface area contributed by atoms with Crippen molar-refractivity contribution in [3.05, 3.63) is 0 Å². The standard InChI is InChI=1S/C20H40O3.C4H10O.Na.H/c1-3-4-5-6-7-8-9-10-11-12-13-14-15-16-17-20(22)18-23-19(2)21;1-3-5-4-2;;/h20,22H,3-18H2,1-2H3;3-4H2,1-2H3;;/q;;+1;-1. The van der Waals surface area contributed by atoms with Crippen LogP contribution in [0.25, 0.3) is 0 Å². The Morgan fingerprint density at radius 1 is 0.759 bits per heavy atom. The summed E-state index contributed by atoms with van der Waals surface area (Å²) in [6, 6.07) is 0. The van der Waals surface area contributed by atoms with E-state index in [-0.39, 0.29) is 43.6 Å². The smallest absolute Gasteiger partial charge is 1.00 e. The van der Waals surface area contributed by atoms with Gasteiger partial charge < -0.3 is 16.0 Å². The summed E-state index contributed by atoms with van der Waals surface area (Å²) in [5.74, 6) is -0.315. The SMILES string of the molecule is CCCCCCCCCCCCCCCCC(O)COC(C)=O.CCOCC.[H-].[Na+]. The molecule has 0 aliphatic carbocycles. The first-order valence-electron chi connectivity index (χ1n) is 12.0. The molecule has 0 amide bonds. The van der Waals surface area contributed by atoms with Crippen molar-refractivity contribution in [3.63, 3.8) is 0 Å². The van der Waals surface area contributed by atoms with Crippen LogP contribution in [0.15, 0.2) is 0 Å². The van der Waals surface area contributed by atoms with Gasteiger partial charge in [0.1, 0.15) is 6.61 Å². The Hall–Kier alpha value is 0.390. The summed E-state index contributed by atoms with van der Waals surface area (Å²) in [6.07, 6.45) is 19.0. The summed E-state index contributed by atoms with van der Waals surface area (Å²) >= 11 is 0. The Kier molecular flexibility index (Phi) is 35.9. The molecule has 0 aliphatic heterocycles. The third kappa shape index (κ3) is 36.1. The maximum atomic E-state index is 10.6. The quantitative estimate of drug-likeness (QED) is 0.193. The second-order valence-electron chi connectivity index (χ2n) is 7.62. The molecule has 1 atom stereocenters. The molecule has 0 fully saturated rings. The van der Waals surface area contributed by atoms with Crippen LogP contribution >= 0.6 is 0 Å². The van der Waals surface area contributed by atoms with E-state index in [1.165, 1.54) is 90.4 Å². The van der Waals surface area contributed by atoms with E-state index >= 15 is 0 Å². The second-order valence-corrected chi connectivity index (χ2v) is 7.62. The first-order chi connectivity index (χ1) is 13.6. The average Bonchev–Trinajstić information content (AvgIpc) is 2.67. The molecule has 29 heavy (non-hydrogen) atoms. The molecule has 0 aromatic rings. The molecule has 0 radical (unpaired) electrons. The van der Waals surface area contributed by atoms with Crippen LogP contribution in [0.2, 0.25) is 0 Å². The molecule has 4 nitrogen and oxygen atoms in total. The minimum absolute atomic E-state index is 0. The molecular formula is C24H51NaO4. The third-order valence-electron chi connectivity index (χ3n) is 4.78. The Morgan fingerprint density at radius 2 is 1.14 bits per heavy atom. The molecule has 0 aliphatic rings. The molecule has 0 heterocycles. The van der Waals surface area contributed by atoms with Gasteiger partial charge in [0, 0.05) is 20.1 Å². The number of carbonyl (C=O) groups excluding carboxylic acids is 1. The first-order valence-corrected chi connectivity index (χ1v) is 12.0. The number of hydrogen-bond donors (Lipinski definition) is 1. The molecule has 0 saturated carbocycles. The number of esters is 1. The fraction of sp³-hybridized carbons (Fsp3) is 0.958. The molecule has 1 unspecified atom stereocenters. The summed E-state index contributed by atoms with van der Waals surface area (Å²) in [7, 11) is 0. The maximum absolute atomic E-state index is 10.6. The monoisotopic (exact) mass is 426 g/mol. The van der Waals surface area contributed by atoms with Crippen LogP contribution in [0.1, 0.15) is 125 Å². The van der Waals surface area contributed by atoms with Crippen LogP contribution in [0, 0.1) is 0 Å². The van der Waals surface area contributed by atoms with Crippen molar-refractivity contribution in [3.8, 4) is 0 Å². The molecule has 1 N–H and O–H groups in total. The molecule has 0 bridgehead atoms. The zero-order valence-corrected chi connectivity index (χ0v) is 22.5. The van der Waals surface area contributed by atoms with Crippen molar-refractivity contribution in [1.82, 2.24) is 0 Å². The van der Waals surface area contributed by atoms with Gasteiger partial charge in [-0.1, -0.05) is 96.8 Å². The largest absolute Gasteiger partial charge is 1.00 e. The summed E-state index contributed by atoms with van der Waals surface area (Å²) in [4.78, 5) is 10.6. The van der Waals surface area contributed by atoms with Gasteiger partial charge in [-0.25, -0.2) is 0 Å². The molecule has 0 spiro atoms. The van der Waals surface area contributed by atoms with E-state index in [1.807, 2.05) is 13.8 Å². The molecule has 0 saturated heterocycles. The average molecular weight is 427 g/mol. The van der Waals surface area contributed by atoms with Crippen molar-refractivity contribution in [2.45, 2.75) is 130 Å². The molecule has 172 valence electrons. The van der Waals surface area contributed by atoms with Gasteiger partial charge in [0.25, 0.3) is 0 Å². The van der Waals surface area contributed by atoms with E-state index in [2.05, 4.69) is 6.92 Å². The van der Waals surface area contributed by atoms with Gasteiger partial charge in [-0.05, 0) is 20.3 Å². The molecule has 0 aromatic carbocycles. The van der Waals surface area contributed by atoms with Crippen molar-refractivity contribution in [2.24, 2.45) is 0 Å². The van der Waals surface area contributed by atoms with Gasteiger partial charge >= 0.3 is 35.5 Å². The van der Waals surface area contributed by atoms with Gasteiger partial charge in [-0.2, -0.15) is 0 Å². The van der Waals surface area contributed by atoms with Crippen LogP contribution in [0.5, 0.6) is 0 Å². The Bertz CT molecular complexity index is 305. The number of ether oxygens (including phenoxy) is 2. The number of aliphatic hydroxyl groups is 1. The van der Waals surface area contributed by atoms with E-state index in [0.717, 1.165) is 26.1 Å². The van der Waals surface area contributed by atoms with Crippen LogP contribution in [-0.2, 0) is 14.3 Å². The third-order valence-corrected chi connectivity index (χ3v) is 4.78. The van der Waals surface area contributed by atoms with Gasteiger partial charge in [0.2, 0.25) is 0 Å². The number of unbranched alkanes of at least 4 members (excludes halogenated alkanes) is 13. The zero-order valence-electron chi connectivity index (χ0n) is 21.5. The van der Waals surface area contributed by atoms with E-state index < -0.39 is 6.10 Å². The minimum atomic E-state index is -0.490. The number of carbonyl (C=O) groups is 1. The fourth-order valence-corrected chi connectivity index (χ4v) is 3.08. The van der Waals surface area contributed by atoms with Crippen LogP contribution in [0.3, 0.4) is 0 Å². The Balaban J connectivity index is -0.000000429. The number of hydrogen-bond acceptors (Lipinski definition) is 4. The maximum Gasteiger partial charge on any atom is 1.00 e. The summed E-state index contributed by atoms with van der Waals surface area (Å²) in [5, 5.41) is 9.61. The molecular weight excluding hydrogens is 375 g/mol. The van der Waals surface area contributed by atoms with Crippen molar-refractivity contribution >= 4 is 5.97 Å². The van der Waals surface area contributed by atoms with Gasteiger partial charge in [-0.3, -0.25) is 4.79 Å². The summed E-state index contributed by atoms with van der Waals surface area (Å²) in [5.41, 5.74) is 0. The number of rotatable bonds is 19.